The quantitative estimate of drug-likeness (QED) is 0.809. The largest absolute Gasteiger partial charge is 0.466 e. The molecule has 5 heteroatoms. The van der Waals surface area contributed by atoms with Gasteiger partial charge in [-0.2, -0.15) is 0 Å². The molecule has 0 amide bonds. The third kappa shape index (κ3) is 5.06. The van der Waals surface area contributed by atoms with Crippen LogP contribution in [0.3, 0.4) is 0 Å². The lowest BCUT2D eigenvalue weighted by Gasteiger charge is -2.18. The monoisotopic (exact) mass is 275 g/mol. The van der Waals surface area contributed by atoms with E-state index in [0.29, 0.717) is 13.0 Å². The Hall–Kier alpha value is -0.580. The van der Waals surface area contributed by atoms with Crippen LogP contribution in [0, 0.1) is 0 Å². The molecule has 1 aromatic heterocycles. The third-order valence-electron chi connectivity index (χ3n) is 2.33. The summed E-state index contributed by atoms with van der Waals surface area (Å²) in [6.45, 7) is 6.28. The Morgan fingerprint density at radius 1 is 1.53 bits per heavy atom. The van der Waals surface area contributed by atoms with Gasteiger partial charge in [-0.25, -0.2) is 0 Å². The summed E-state index contributed by atoms with van der Waals surface area (Å²) in [5.74, 6) is -0.163. The Bertz CT molecular complexity index is 367. The first kappa shape index (κ1) is 14.5. The minimum Gasteiger partial charge on any atom is -0.466 e. The van der Waals surface area contributed by atoms with Gasteiger partial charge >= 0.3 is 5.97 Å². The summed E-state index contributed by atoms with van der Waals surface area (Å²) in [5, 5.41) is 3.35. The summed E-state index contributed by atoms with van der Waals surface area (Å²) in [7, 11) is 0. The number of thiophene rings is 1. The van der Waals surface area contributed by atoms with Crippen molar-refractivity contribution in [1.29, 1.82) is 0 Å². The minimum absolute atomic E-state index is 0.0879. The molecule has 0 aromatic carbocycles. The van der Waals surface area contributed by atoms with Crippen molar-refractivity contribution in [2.75, 3.05) is 6.61 Å². The van der Waals surface area contributed by atoms with E-state index in [2.05, 4.69) is 12.2 Å². The highest BCUT2D eigenvalue weighted by atomic mass is 35.5. The summed E-state index contributed by atoms with van der Waals surface area (Å²) >= 11 is 7.44. The SMILES string of the molecule is CCOC(=O)CC(C)NC(C)c1ccc(Cl)s1. The maximum absolute atomic E-state index is 11.3. The molecule has 1 rings (SSSR count). The fourth-order valence-corrected chi connectivity index (χ4v) is 2.67. The molecule has 0 bridgehead atoms. The zero-order valence-electron chi connectivity index (χ0n) is 10.3. The standard InChI is InChI=1S/C12H18ClNO2S/c1-4-16-12(15)7-8(2)14-9(3)10-5-6-11(13)17-10/h5-6,8-9,14H,4,7H2,1-3H3. The van der Waals surface area contributed by atoms with Crippen molar-refractivity contribution in [3.05, 3.63) is 21.3 Å². The Labute approximate surface area is 111 Å². The molecule has 2 unspecified atom stereocenters. The average molecular weight is 276 g/mol. The molecule has 0 aliphatic heterocycles. The number of carbonyl (C=O) groups excluding carboxylic acids is 1. The Kier molecular flexibility index (Phi) is 5.95. The zero-order valence-corrected chi connectivity index (χ0v) is 11.9. The molecule has 0 fully saturated rings. The fraction of sp³-hybridized carbons (Fsp3) is 0.583. The second kappa shape index (κ2) is 6.99. The van der Waals surface area contributed by atoms with Crippen LogP contribution in [0.15, 0.2) is 12.1 Å². The van der Waals surface area contributed by atoms with Crippen molar-refractivity contribution in [2.45, 2.75) is 39.3 Å². The van der Waals surface area contributed by atoms with E-state index in [9.17, 15) is 4.79 Å². The lowest BCUT2D eigenvalue weighted by atomic mass is 10.2. The maximum atomic E-state index is 11.3. The van der Waals surface area contributed by atoms with E-state index >= 15 is 0 Å². The number of nitrogens with one attached hydrogen (secondary N) is 1. The lowest BCUT2D eigenvalue weighted by Crippen LogP contribution is -2.31. The van der Waals surface area contributed by atoms with Gasteiger partial charge < -0.3 is 10.1 Å². The summed E-state index contributed by atoms with van der Waals surface area (Å²) < 4.78 is 5.69. The average Bonchev–Trinajstić information content (AvgIpc) is 2.64. The molecule has 0 saturated carbocycles. The zero-order chi connectivity index (χ0) is 12.8. The van der Waals surface area contributed by atoms with Crippen LogP contribution in [0.4, 0.5) is 0 Å². The van der Waals surface area contributed by atoms with Crippen LogP contribution < -0.4 is 5.32 Å². The molecule has 0 aliphatic carbocycles. The Morgan fingerprint density at radius 2 is 2.24 bits per heavy atom. The molecule has 1 aromatic rings. The van der Waals surface area contributed by atoms with Gasteiger partial charge in [0.15, 0.2) is 0 Å². The van der Waals surface area contributed by atoms with Crippen molar-refractivity contribution in [2.24, 2.45) is 0 Å². The smallest absolute Gasteiger partial charge is 0.307 e. The number of hydrogen-bond donors (Lipinski definition) is 1. The molecule has 2 atom stereocenters. The third-order valence-corrected chi connectivity index (χ3v) is 3.75. The van der Waals surface area contributed by atoms with Gasteiger partial charge in [0.25, 0.3) is 0 Å². The Morgan fingerprint density at radius 3 is 2.76 bits per heavy atom. The van der Waals surface area contributed by atoms with E-state index in [4.69, 9.17) is 16.3 Å². The van der Waals surface area contributed by atoms with Crippen LogP contribution >= 0.6 is 22.9 Å². The highest BCUT2D eigenvalue weighted by Gasteiger charge is 2.14. The van der Waals surface area contributed by atoms with E-state index < -0.39 is 0 Å². The molecular formula is C12H18ClNO2S. The first-order valence-corrected chi connectivity index (χ1v) is 6.89. The number of hydrogen-bond acceptors (Lipinski definition) is 4. The van der Waals surface area contributed by atoms with E-state index in [-0.39, 0.29) is 18.1 Å². The van der Waals surface area contributed by atoms with E-state index in [1.54, 1.807) is 11.3 Å². The summed E-state index contributed by atoms with van der Waals surface area (Å²) in [6.07, 6.45) is 0.386. The molecular weight excluding hydrogens is 258 g/mol. The number of ether oxygens (including phenoxy) is 1. The maximum Gasteiger partial charge on any atom is 0.307 e. The van der Waals surface area contributed by atoms with E-state index in [1.807, 2.05) is 26.0 Å². The number of esters is 1. The van der Waals surface area contributed by atoms with Gasteiger partial charge in [-0.3, -0.25) is 4.79 Å². The van der Waals surface area contributed by atoms with Crippen molar-refractivity contribution < 1.29 is 9.53 Å². The Balaban J connectivity index is 2.40. The first-order chi connectivity index (χ1) is 8.02. The molecule has 3 nitrogen and oxygen atoms in total. The van der Waals surface area contributed by atoms with Crippen molar-refractivity contribution in [3.8, 4) is 0 Å². The van der Waals surface area contributed by atoms with Gasteiger partial charge in [-0.15, -0.1) is 11.3 Å². The molecule has 0 radical (unpaired) electrons. The van der Waals surface area contributed by atoms with Gasteiger partial charge in [0.2, 0.25) is 0 Å². The van der Waals surface area contributed by atoms with Crippen LogP contribution in [0.25, 0.3) is 0 Å². The van der Waals surface area contributed by atoms with Crippen LogP contribution in [0.2, 0.25) is 4.34 Å². The molecule has 17 heavy (non-hydrogen) atoms. The molecule has 0 aliphatic rings. The molecule has 1 N–H and O–H groups in total. The van der Waals surface area contributed by atoms with Gasteiger partial charge in [-0.05, 0) is 32.9 Å². The van der Waals surface area contributed by atoms with Gasteiger partial charge in [0.05, 0.1) is 17.4 Å². The topological polar surface area (TPSA) is 38.3 Å². The van der Waals surface area contributed by atoms with Crippen LogP contribution in [-0.4, -0.2) is 18.6 Å². The molecule has 96 valence electrons. The van der Waals surface area contributed by atoms with Crippen molar-refractivity contribution >= 4 is 28.9 Å². The van der Waals surface area contributed by atoms with Gasteiger partial charge in [-0.1, -0.05) is 11.6 Å². The van der Waals surface area contributed by atoms with E-state index in [0.717, 1.165) is 4.34 Å². The number of carbonyl (C=O) groups is 1. The number of rotatable bonds is 6. The summed E-state index contributed by atoms with van der Waals surface area (Å²) in [6, 6.07) is 4.17. The lowest BCUT2D eigenvalue weighted by molar-refractivity contribution is -0.143. The van der Waals surface area contributed by atoms with Crippen molar-refractivity contribution in [3.63, 3.8) is 0 Å². The highest BCUT2D eigenvalue weighted by molar-refractivity contribution is 7.16. The fourth-order valence-electron chi connectivity index (χ4n) is 1.60. The molecule has 1 heterocycles. The summed E-state index contributed by atoms with van der Waals surface area (Å²) in [4.78, 5) is 12.5. The molecule has 0 spiro atoms. The summed E-state index contributed by atoms with van der Waals surface area (Å²) in [5.41, 5.74) is 0. The minimum atomic E-state index is -0.163. The first-order valence-electron chi connectivity index (χ1n) is 5.69. The van der Waals surface area contributed by atoms with Gasteiger partial charge in [0.1, 0.15) is 0 Å². The highest BCUT2D eigenvalue weighted by Crippen LogP contribution is 2.26. The second-order valence-corrected chi connectivity index (χ2v) is 5.69. The second-order valence-electron chi connectivity index (χ2n) is 3.94. The predicted octanol–water partition coefficient (Wildman–Crippen LogP) is 3.39. The molecule has 0 saturated heterocycles. The van der Waals surface area contributed by atoms with Gasteiger partial charge in [0, 0.05) is 17.0 Å². The normalized spacial score (nSPS) is 14.4. The van der Waals surface area contributed by atoms with Crippen LogP contribution in [-0.2, 0) is 9.53 Å². The number of halogens is 1. The van der Waals surface area contributed by atoms with Crippen molar-refractivity contribution in [1.82, 2.24) is 5.32 Å². The predicted molar refractivity (Wildman–Crippen MR) is 71.6 cm³/mol. The van der Waals surface area contributed by atoms with Crippen LogP contribution in [0.1, 0.15) is 38.1 Å². The van der Waals surface area contributed by atoms with Crippen LogP contribution in [0.5, 0.6) is 0 Å². The van der Waals surface area contributed by atoms with E-state index in [1.165, 1.54) is 4.88 Å².